The number of nitrogens with one attached hydrogen (secondary N) is 1. The summed E-state index contributed by atoms with van der Waals surface area (Å²) < 4.78 is 0. The average molecular weight is 245 g/mol. The predicted molar refractivity (Wildman–Crippen MR) is 71.4 cm³/mol. The highest BCUT2D eigenvalue weighted by atomic mass is 32.1. The van der Waals surface area contributed by atoms with E-state index in [9.17, 15) is 4.79 Å². The molecule has 17 heavy (non-hydrogen) atoms. The summed E-state index contributed by atoms with van der Waals surface area (Å²) in [6, 6.07) is 10.1. The first-order valence-corrected chi connectivity index (χ1v) is 6.42. The van der Waals surface area contributed by atoms with Gasteiger partial charge >= 0.3 is 0 Å². The van der Waals surface area contributed by atoms with Crippen molar-refractivity contribution in [3.8, 4) is 0 Å². The zero-order valence-corrected chi connectivity index (χ0v) is 10.8. The highest BCUT2D eigenvalue weighted by Crippen LogP contribution is 2.15. The fourth-order valence-corrected chi connectivity index (χ4v) is 2.53. The van der Waals surface area contributed by atoms with Crippen LogP contribution in [0.25, 0.3) is 0 Å². The molecule has 0 aliphatic rings. The molecule has 0 saturated heterocycles. The second-order valence-electron chi connectivity index (χ2n) is 4.10. The number of amides is 1. The zero-order chi connectivity index (χ0) is 12.3. The molecule has 0 unspecified atom stereocenters. The molecule has 0 spiro atoms. The van der Waals surface area contributed by atoms with Crippen LogP contribution < -0.4 is 5.32 Å². The topological polar surface area (TPSA) is 29.1 Å². The van der Waals surface area contributed by atoms with Crippen molar-refractivity contribution in [3.05, 3.63) is 57.3 Å². The number of rotatable bonds is 3. The van der Waals surface area contributed by atoms with Gasteiger partial charge in [-0.25, -0.2) is 0 Å². The summed E-state index contributed by atoms with van der Waals surface area (Å²) in [5.41, 5.74) is 3.38. The SMILES string of the molecule is Cc1cccc(CNC(=O)c2sccc2C)c1. The molecule has 88 valence electrons. The molecule has 1 N–H and O–H groups in total. The Labute approximate surface area is 105 Å². The Bertz CT molecular complexity index is 531. The number of aryl methyl sites for hydroxylation is 2. The quantitative estimate of drug-likeness (QED) is 0.883. The van der Waals surface area contributed by atoms with E-state index in [1.807, 2.05) is 30.5 Å². The second-order valence-corrected chi connectivity index (χ2v) is 5.02. The Balaban J connectivity index is 1.99. The fourth-order valence-electron chi connectivity index (χ4n) is 1.69. The van der Waals surface area contributed by atoms with Crippen molar-refractivity contribution in [3.63, 3.8) is 0 Å². The van der Waals surface area contributed by atoms with E-state index in [1.165, 1.54) is 16.9 Å². The van der Waals surface area contributed by atoms with E-state index in [1.54, 1.807) is 0 Å². The van der Waals surface area contributed by atoms with Gasteiger partial charge in [0.05, 0.1) is 4.88 Å². The van der Waals surface area contributed by atoms with Crippen molar-refractivity contribution >= 4 is 17.2 Å². The zero-order valence-electron chi connectivity index (χ0n) is 9.99. The van der Waals surface area contributed by atoms with E-state index in [-0.39, 0.29) is 5.91 Å². The molecule has 1 amide bonds. The summed E-state index contributed by atoms with van der Waals surface area (Å²) in [4.78, 5) is 12.7. The van der Waals surface area contributed by atoms with Crippen LogP contribution in [0.4, 0.5) is 0 Å². The summed E-state index contributed by atoms with van der Waals surface area (Å²) in [6.07, 6.45) is 0. The van der Waals surface area contributed by atoms with E-state index in [0.29, 0.717) is 6.54 Å². The monoisotopic (exact) mass is 245 g/mol. The first kappa shape index (κ1) is 11.9. The minimum Gasteiger partial charge on any atom is -0.347 e. The lowest BCUT2D eigenvalue weighted by atomic mass is 10.1. The molecule has 0 aliphatic carbocycles. The van der Waals surface area contributed by atoms with Crippen molar-refractivity contribution in [2.75, 3.05) is 0 Å². The third-order valence-electron chi connectivity index (χ3n) is 2.60. The summed E-state index contributed by atoms with van der Waals surface area (Å²) in [7, 11) is 0. The van der Waals surface area contributed by atoms with Gasteiger partial charge in [0, 0.05) is 6.54 Å². The number of carbonyl (C=O) groups excluding carboxylic acids is 1. The minimum atomic E-state index is 0.0130. The molecule has 0 atom stereocenters. The summed E-state index contributed by atoms with van der Waals surface area (Å²) in [6.45, 7) is 4.59. The highest BCUT2D eigenvalue weighted by molar-refractivity contribution is 7.12. The smallest absolute Gasteiger partial charge is 0.261 e. The molecule has 1 aromatic heterocycles. The average Bonchev–Trinajstić information content (AvgIpc) is 2.72. The van der Waals surface area contributed by atoms with E-state index >= 15 is 0 Å². The lowest BCUT2D eigenvalue weighted by Gasteiger charge is -2.05. The Morgan fingerprint density at radius 3 is 2.76 bits per heavy atom. The molecule has 1 aromatic carbocycles. The third-order valence-corrected chi connectivity index (χ3v) is 3.62. The van der Waals surface area contributed by atoms with E-state index in [4.69, 9.17) is 0 Å². The Kier molecular flexibility index (Phi) is 3.59. The molecule has 2 rings (SSSR count). The van der Waals surface area contributed by atoms with Crippen LogP contribution in [-0.4, -0.2) is 5.91 Å². The molecule has 0 aliphatic heterocycles. The Morgan fingerprint density at radius 1 is 1.29 bits per heavy atom. The van der Waals surface area contributed by atoms with Crippen molar-refractivity contribution in [2.24, 2.45) is 0 Å². The maximum atomic E-state index is 11.9. The molecule has 0 fully saturated rings. The molecule has 3 heteroatoms. The number of thiophene rings is 1. The Morgan fingerprint density at radius 2 is 2.12 bits per heavy atom. The van der Waals surface area contributed by atoms with E-state index < -0.39 is 0 Å². The lowest BCUT2D eigenvalue weighted by Crippen LogP contribution is -2.22. The molecule has 0 bridgehead atoms. The van der Waals surface area contributed by atoms with Gasteiger partial charge in [0.2, 0.25) is 0 Å². The minimum absolute atomic E-state index is 0.0130. The maximum absolute atomic E-state index is 11.9. The first-order chi connectivity index (χ1) is 8.16. The summed E-state index contributed by atoms with van der Waals surface area (Å²) in [5.74, 6) is 0.0130. The van der Waals surface area contributed by atoms with Crippen LogP contribution in [0.1, 0.15) is 26.4 Å². The molecule has 1 heterocycles. The molecule has 0 radical (unpaired) electrons. The van der Waals surface area contributed by atoms with Crippen molar-refractivity contribution in [1.29, 1.82) is 0 Å². The summed E-state index contributed by atoms with van der Waals surface area (Å²) >= 11 is 1.48. The van der Waals surface area contributed by atoms with Gasteiger partial charge in [-0.05, 0) is 36.4 Å². The van der Waals surface area contributed by atoms with Crippen LogP contribution in [0.5, 0.6) is 0 Å². The van der Waals surface area contributed by atoms with Crippen LogP contribution in [0, 0.1) is 13.8 Å². The molecular weight excluding hydrogens is 230 g/mol. The van der Waals surface area contributed by atoms with Crippen LogP contribution >= 0.6 is 11.3 Å². The van der Waals surface area contributed by atoms with Crippen LogP contribution in [0.15, 0.2) is 35.7 Å². The van der Waals surface area contributed by atoms with Gasteiger partial charge in [0.1, 0.15) is 0 Å². The van der Waals surface area contributed by atoms with Gasteiger partial charge in [-0.15, -0.1) is 11.3 Å². The number of hydrogen-bond donors (Lipinski definition) is 1. The van der Waals surface area contributed by atoms with E-state index in [0.717, 1.165) is 16.0 Å². The molecule has 2 nitrogen and oxygen atoms in total. The van der Waals surface area contributed by atoms with Crippen LogP contribution in [0.2, 0.25) is 0 Å². The van der Waals surface area contributed by atoms with Crippen LogP contribution in [-0.2, 0) is 6.54 Å². The van der Waals surface area contributed by atoms with Gasteiger partial charge in [0.15, 0.2) is 0 Å². The first-order valence-electron chi connectivity index (χ1n) is 5.54. The van der Waals surface area contributed by atoms with Gasteiger partial charge in [-0.3, -0.25) is 4.79 Å². The number of hydrogen-bond acceptors (Lipinski definition) is 2. The predicted octanol–water partition coefficient (Wildman–Crippen LogP) is 3.29. The fraction of sp³-hybridized carbons (Fsp3) is 0.214. The van der Waals surface area contributed by atoms with Gasteiger partial charge in [-0.1, -0.05) is 29.8 Å². The normalized spacial score (nSPS) is 10.2. The van der Waals surface area contributed by atoms with Crippen molar-refractivity contribution in [1.82, 2.24) is 5.32 Å². The molecule has 0 saturated carbocycles. The standard InChI is InChI=1S/C14H15NOS/c1-10-4-3-5-12(8-10)9-15-14(16)13-11(2)6-7-17-13/h3-8H,9H2,1-2H3,(H,15,16). The number of benzene rings is 1. The lowest BCUT2D eigenvalue weighted by molar-refractivity contribution is 0.0954. The van der Waals surface area contributed by atoms with Gasteiger partial charge in [0.25, 0.3) is 5.91 Å². The van der Waals surface area contributed by atoms with Gasteiger partial charge in [-0.2, -0.15) is 0 Å². The number of carbonyl (C=O) groups is 1. The molecule has 2 aromatic rings. The third kappa shape index (κ3) is 2.94. The maximum Gasteiger partial charge on any atom is 0.261 e. The van der Waals surface area contributed by atoms with Crippen molar-refractivity contribution in [2.45, 2.75) is 20.4 Å². The highest BCUT2D eigenvalue weighted by Gasteiger charge is 2.09. The molecular formula is C14H15NOS. The second kappa shape index (κ2) is 5.15. The largest absolute Gasteiger partial charge is 0.347 e. The Hall–Kier alpha value is -1.61. The summed E-state index contributed by atoms with van der Waals surface area (Å²) in [5, 5.41) is 4.88. The van der Waals surface area contributed by atoms with Crippen molar-refractivity contribution < 1.29 is 4.79 Å². The van der Waals surface area contributed by atoms with Crippen LogP contribution in [0.3, 0.4) is 0 Å². The van der Waals surface area contributed by atoms with E-state index in [2.05, 4.69) is 24.4 Å². The van der Waals surface area contributed by atoms with Gasteiger partial charge < -0.3 is 5.32 Å².